The van der Waals surface area contributed by atoms with Crippen LogP contribution in [0.3, 0.4) is 0 Å². The van der Waals surface area contributed by atoms with Crippen LogP contribution in [0.2, 0.25) is 0 Å². The zero-order chi connectivity index (χ0) is 15.4. The standard InChI is InChI=1S/C15H17N3O3/c1-3-18-10-11(8-16-18)9-17(2)14(19)12-5-4-6-13(7-12)15(20)21/h4-8,10H,3,9H2,1-2H3,(H,20,21). The highest BCUT2D eigenvalue weighted by Gasteiger charge is 2.14. The molecule has 0 aliphatic heterocycles. The maximum Gasteiger partial charge on any atom is 0.335 e. The van der Waals surface area contributed by atoms with E-state index in [0.29, 0.717) is 12.1 Å². The normalized spacial score (nSPS) is 10.4. The number of nitrogens with zero attached hydrogens (tertiary/aromatic N) is 3. The molecule has 1 aromatic heterocycles. The predicted octanol–water partition coefficient (Wildman–Crippen LogP) is 1.87. The molecule has 21 heavy (non-hydrogen) atoms. The van der Waals surface area contributed by atoms with Crippen LogP contribution in [0.4, 0.5) is 0 Å². The number of hydrogen-bond acceptors (Lipinski definition) is 3. The highest BCUT2D eigenvalue weighted by Crippen LogP contribution is 2.10. The van der Waals surface area contributed by atoms with Gasteiger partial charge >= 0.3 is 5.97 Å². The third kappa shape index (κ3) is 3.47. The van der Waals surface area contributed by atoms with Crippen LogP contribution in [0.1, 0.15) is 33.2 Å². The van der Waals surface area contributed by atoms with Gasteiger partial charge in [-0.15, -0.1) is 0 Å². The number of carboxylic acid groups (broad SMARTS) is 1. The lowest BCUT2D eigenvalue weighted by atomic mass is 10.1. The molecule has 1 heterocycles. The van der Waals surface area contributed by atoms with Gasteiger partial charge in [0.2, 0.25) is 0 Å². The maximum absolute atomic E-state index is 12.3. The molecular formula is C15H17N3O3. The van der Waals surface area contributed by atoms with Crippen molar-refractivity contribution in [1.29, 1.82) is 0 Å². The fraction of sp³-hybridized carbons (Fsp3) is 0.267. The van der Waals surface area contributed by atoms with Crippen LogP contribution in [0.25, 0.3) is 0 Å². The zero-order valence-electron chi connectivity index (χ0n) is 12.0. The molecule has 1 N–H and O–H groups in total. The summed E-state index contributed by atoms with van der Waals surface area (Å²) in [7, 11) is 1.68. The van der Waals surface area contributed by atoms with Crippen LogP contribution < -0.4 is 0 Å². The molecule has 0 unspecified atom stereocenters. The third-order valence-electron chi connectivity index (χ3n) is 3.13. The topological polar surface area (TPSA) is 75.4 Å². The van der Waals surface area contributed by atoms with Crippen LogP contribution in [0.15, 0.2) is 36.7 Å². The van der Waals surface area contributed by atoms with E-state index in [9.17, 15) is 9.59 Å². The SMILES string of the molecule is CCn1cc(CN(C)C(=O)c2cccc(C(=O)O)c2)cn1. The highest BCUT2D eigenvalue weighted by molar-refractivity contribution is 5.97. The Morgan fingerprint density at radius 1 is 1.33 bits per heavy atom. The summed E-state index contributed by atoms with van der Waals surface area (Å²) in [5, 5.41) is 13.1. The van der Waals surface area contributed by atoms with Gasteiger partial charge in [0.25, 0.3) is 5.91 Å². The number of hydrogen-bond donors (Lipinski definition) is 1. The molecule has 0 spiro atoms. The fourth-order valence-electron chi connectivity index (χ4n) is 2.01. The van der Waals surface area contributed by atoms with E-state index in [4.69, 9.17) is 5.11 Å². The van der Waals surface area contributed by atoms with Crippen LogP contribution in [0.5, 0.6) is 0 Å². The van der Waals surface area contributed by atoms with Crippen molar-refractivity contribution >= 4 is 11.9 Å². The first-order valence-corrected chi connectivity index (χ1v) is 6.61. The van der Waals surface area contributed by atoms with E-state index >= 15 is 0 Å². The van der Waals surface area contributed by atoms with E-state index in [0.717, 1.165) is 12.1 Å². The number of benzene rings is 1. The molecule has 0 saturated heterocycles. The Labute approximate surface area is 122 Å². The largest absolute Gasteiger partial charge is 0.478 e. The lowest BCUT2D eigenvalue weighted by Gasteiger charge is -2.16. The number of carbonyl (C=O) groups is 2. The Balaban J connectivity index is 2.11. The van der Waals surface area contributed by atoms with Gasteiger partial charge in [0, 0.05) is 37.5 Å². The van der Waals surface area contributed by atoms with Crippen molar-refractivity contribution in [1.82, 2.24) is 14.7 Å². The van der Waals surface area contributed by atoms with E-state index in [2.05, 4.69) is 5.10 Å². The summed E-state index contributed by atoms with van der Waals surface area (Å²) in [6, 6.07) is 6.03. The van der Waals surface area contributed by atoms with E-state index in [1.165, 1.54) is 17.0 Å². The van der Waals surface area contributed by atoms with Gasteiger partial charge < -0.3 is 10.0 Å². The molecule has 1 aromatic carbocycles. The number of amides is 1. The summed E-state index contributed by atoms with van der Waals surface area (Å²) in [4.78, 5) is 24.8. The molecule has 0 radical (unpaired) electrons. The Bertz CT molecular complexity index is 664. The van der Waals surface area contributed by atoms with E-state index < -0.39 is 5.97 Å². The van der Waals surface area contributed by atoms with Crippen molar-refractivity contribution < 1.29 is 14.7 Å². The second-order valence-corrected chi connectivity index (χ2v) is 4.75. The van der Waals surface area contributed by atoms with Crippen molar-refractivity contribution in [3.63, 3.8) is 0 Å². The van der Waals surface area contributed by atoms with Crippen molar-refractivity contribution in [2.45, 2.75) is 20.0 Å². The molecule has 0 bridgehead atoms. The lowest BCUT2D eigenvalue weighted by molar-refractivity contribution is 0.0697. The molecule has 2 rings (SSSR count). The van der Waals surface area contributed by atoms with E-state index in [-0.39, 0.29) is 11.5 Å². The molecule has 1 amide bonds. The van der Waals surface area contributed by atoms with Crippen LogP contribution >= 0.6 is 0 Å². The van der Waals surface area contributed by atoms with Gasteiger partial charge in [-0.05, 0) is 25.1 Å². The first kappa shape index (κ1) is 14.8. The number of aryl methyl sites for hydroxylation is 1. The number of carbonyl (C=O) groups excluding carboxylic acids is 1. The average molecular weight is 287 g/mol. The van der Waals surface area contributed by atoms with Gasteiger partial charge in [-0.2, -0.15) is 5.10 Å². The van der Waals surface area contributed by atoms with Crippen molar-refractivity contribution in [3.05, 3.63) is 53.3 Å². The van der Waals surface area contributed by atoms with Gasteiger partial charge in [0.15, 0.2) is 0 Å². The summed E-state index contributed by atoms with van der Waals surface area (Å²) >= 11 is 0. The monoisotopic (exact) mass is 287 g/mol. The Hall–Kier alpha value is -2.63. The molecule has 0 aliphatic rings. The second-order valence-electron chi connectivity index (χ2n) is 4.75. The number of aromatic nitrogens is 2. The number of rotatable bonds is 5. The predicted molar refractivity (Wildman–Crippen MR) is 77.1 cm³/mol. The lowest BCUT2D eigenvalue weighted by Crippen LogP contribution is -2.26. The molecule has 0 atom stereocenters. The van der Waals surface area contributed by atoms with Gasteiger partial charge in [0.05, 0.1) is 11.8 Å². The summed E-state index contributed by atoms with van der Waals surface area (Å²) in [6.07, 6.45) is 3.61. The van der Waals surface area contributed by atoms with Gasteiger partial charge in [-0.3, -0.25) is 9.48 Å². The second kappa shape index (κ2) is 6.21. The molecule has 0 saturated carbocycles. The highest BCUT2D eigenvalue weighted by atomic mass is 16.4. The quantitative estimate of drug-likeness (QED) is 0.911. The fourth-order valence-corrected chi connectivity index (χ4v) is 2.01. The minimum Gasteiger partial charge on any atom is -0.478 e. The first-order chi connectivity index (χ1) is 10.0. The van der Waals surface area contributed by atoms with Gasteiger partial charge in [-0.1, -0.05) is 6.07 Å². The smallest absolute Gasteiger partial charge is 0.335 e. The van der Waals surface area contributed by atoms with Crippen LogP contribution in [-0.2, 0) is 13.1 Å². The van der Waals surface area contributed by atoms with E-state index in [1.807, 2.05) is 13.1 Å². The Morgan fingerprint density at radius 3 is 2.67 bits per heavy atom. The summed E-state index contributed by atoms with van der Waals surface area (Å²) in [5.74, 6) is -1.26. The molecule has 110 valence electrons. The molecule has 6 heteroatoms. The number of carboxylic acids is 1. The van der Waals surface area contributed by atoms with Gasteiger partial charge in [-0.25, -0.2) is 4.79 Å². The minimum absolute atomic E-state index is 0.105. The minimum atomic E-state index is -1.04. The molecule has 6 nitrogen and oxygen atoms in total. The summed E-state index contributed by atoms with van der Waals surface area (Å²) < 4.78 is 1.79. The maximum atomic E-state index is 12.3. The zero-order valence-corrected chi connectivity index (χ0v) is 12.0. The molecular weight excluding hydrogens is 270 g/mol. The van der Waals surface area contributed by atoms with Crippen molar-refractivity contribution in [2.75, 3.05) is 7.05 Å². The average Bonchev–Trinajstić information content (AvgIpc) is 2.94. The third-order valence-corrected chi connectivity index (χ3v) is 3.13. The molecule has 2 aromatic rings. The van der Waals surface area contributed by atoms with Crippen molar-refractivity contribution in [3.8, 4) is 0 Å². The summed E-state index contributed by atoms with van der Waals surface area (Å²) in [5.41, 5.74) is 1.40. The molecule has 0 fully saturated rings. The van der Waals surface area contributed by atoms with Crippen LogP contribution in [-0.4, -0.2) is 38.7 Å². The Kier molecular flexibility index (Phi) is 4.37. The number of aromatic carboxylic acids is 1. The summed E-state index contributed by atoms with van der Waals surface area (Å²) in [6.45, 7) is 3.19. The molecule has 0 aliphatic carbocycles. The van der Waals surface area contributed by atoms with Crippen molar-refractivity contribution in [2.24, 2.45) is 0 Å². The Morgan fingerprint density at radius 2 is 2.05 bits per heavy atom. The van der Waals surface area contributed by atoms with E-state index in [1.54, 1.807) is 30.1 Å². The van der Waals surface area contributed by atoms with Gasteiger partial charge in [0.1, 0.15) is 0 Å². The van der Waals surface area contributed by atoms with Crippen LogP contribution in [0, 0.1) is 0 Å². The first-order valence-electron chi connectivity index (χ1n) is 6.61.